The first kappa shape index (κ1) is 24.8. The number of nitrogens with one attached hydrogen (secondary N) is 1. The number of nitriles is 1. The van der Waals surface area contributed by atoms with Crippen molar-refractivity contribution in [2.75, 3.05) is 5.32 Å². The van der Waals surface area contributed by atoms with Gasteiger partial charge in [-0.05, 0) is 99.6 Å². The van der Waals surface area contributed by atoms with Crippen molar-refractivity contribution in [2.45, 2.75) is 13.5 Å². The van der Waals surface area contributed by atoms with Crippen molar-refractivity contribution in [1.82, 2.24) is 0 Å². The zero-order valence-corrected chi connectivity index (χ0v) is 22.6. The van der Waals surface area contributed by atoms with Gasteiger partial charge in [-0.2, -0.15) is 5.26 Å². The maximum absolute atomic E-state index is 12.6. The van der Waals surface area contributed by atoms with Crippen LogP contribution in [0.25, 0.3) is 6.08 Å². The first-order chi connectivity index (χ1) is 15.3. The lowest BCUT2D eigenvalue weighted by Crippen LogP contribution is -2.13. The summed E-state index contributed by atoms with van der Waals surface area (Å²) in [5, 5.41) is 12.9. The van der Waals surface area contributed by atoms with Crippen molar-refractivity contribution in [2.24, 2.45) is 0 Å². The Bertz CT molecular complexity index is 1210. The van der Waals surface area contributed by atoms with Crippen LogP contribution in [0.15, 0.2) is 60.2 Å². The van der Waals surface area contributed by atoms with E-state index in [-0.39, 0.29) is 5.57 Å². The quantitative estimate of drug-likeness (QED) is 0.165. The van der Waals surface area contributed by atoms with E-state index in [2.05, 4.69) is 50.5 Å². The number of hydrogen-bond donors (Lipinski definition) is 1. The Kier molecular flexibility index (Phi) is 8.82. The van der Waals surface area contributed by atoms with Crippen molar-refractivity contribution in [3.8, 4) is 11.8 Å². The lowest BCUT2D eigenvalue weighted by Gasteiger charge is -2.12. The second kappa shape index (κ2) is 11.4. The summed E-state index contributed by atoms with van der Waals surface area (Å²) in [5.74, 6) is 0.193. The second-order valence-corrected chi connectivity index (χ2v) is 10.0. The maximum Gasteiger partial charge on any atom is 0.266 e. The number of carbonyl (C=O) groups is 1. The van der Waals surface area contributed by atoms with Crippen molar-refractivity contribution >= 4 is 86.1 Å². The van der Waals surface area contributed by atoms with Crippen LogP contribution < -0.4 is 10.1 Å². The second-order valence-electron chi connectivity index (χ2n) is 6.84. The molecule has 0 saturated carbocycles. The molecule has 0 aromatic heterocycles. The van der Waals surface area contributed by atoms with Gasteiger partial charge >= 0.3 is 0 Å². The third-order valence-electron chi connectivity index (χ3n) is 4.38. The third kappa shape index (κ3) is 6.61. The number of hydrogen-bond acceptors (Lipinski definition) is 3. The van der Waals surface area contributed by atoms with Crippen LogP contribution in [0.5, 0.6) is 5.75 Å². The van der Waals surface area contributed by atoms with Crippen LogP contribution in [0.1, 0.15) is 16.7 Å². The fourth-order valence-corrected chi connectivity index (χ4v) is 5.20. The topological polar surface area (TPSA) is 62.1 Å². The van der Waals surface area contributed by atoms with Gasteiger partial charge in [0.05, 0.1) is 17.9 Å². The van der Waals surface area contributed by atoms with E-state index in [0.717, 1.165) is 18.5 Å². The molecule has 0 fully saturated rings. The summed E-state index contributed by atoms with van der Waals surface area (Å²) in [6.45, 7) is 2.50. The molecule has 0 unspecified atom stereocenters. The van der Waals surface area contributed by atoms with Gasteiger partial charge in [0.15, 0.2) is 0 Å². The molecule has 0 aliphatic heterocycles. The van der Waals surface area contributed by atoms with Crippen molar-refractivity contribution in [3.63, 3.8) is 0 Å². The smallest absolute Gasteiger partial charge is 0.266 e. The number of nitrogens with zero attached hydrogens (tertiary/aromatic N) is 1. The monoisotopic (exact) mass is 688 g/mol. The molecular formula is C24H16Cl2I2N2O2. The van der Waals surface area contributed by atoms with Gasteiger partial charge in [-0.15, -0.1) is 0 Å². The first-order valence-corrected chi connectivity index (χ1v) is 12.2. The van der Waals surface area contributed by atoms with Crippen LogP contribution in [0.2, 0.25) is 10.0 Å². The summed E-state index contributed by atoms with van der Waals surface area (Å²) in [6.07, 6.45) is 1.53. The predicted octanol–water partition coefficient (Wildman–Crippen LogP) is 7.64. The molecule has 0 aliphatic rings. The van der Waals surface area contributed by atoms with E-state index in [1.165, 1.54) is 17.7 Å². The van der Waals surface area contributed by atoms with Gasteiger partial charge in [0.25, 0.3) is 5.91 Å². The highest BCUT2D eigenvalue weighted by molar-refractivity contribution is 14.1. The molecule has 3 aromatic carbocycles. The average Bonchev–Trinajstić information content (AvgIpc) is 2.75. The van der Waals surface area contributed by atoms with Crippen LogP contribution >= 0.6 is 68.4 Å². The van der Waals surface area contributed by atoms with Crippen LogP contribution in [0, 0.1) is 25.4 Å². The third-order valence-corrected chi connectivity index (χ3v) is 6.54. The minimum Gasteiger partial charge on any atom is -0.487 e. The number of benzene rings is 3. The van der Waals surface area contributed by atoms with Crippen LogP contribution in [0.3, 0.4) is 0 Å². The fourth-order valence-electron chi connectivity index (χ4n) is 2.74. The van der Waals surface area contributed by atoms with Gasteiger partial charge in [0, 0.05) is 5.02 Å². The zero-order chi connectivity index (χ0) is 23.3. The molecular weight excluding hydrogens is 673 g/mol. The minimum atomic E-state index is -0.568. The summed E-state index contributed by atoms with van der Waals surface area (Å²) < 4.78 is 7.78. The van der Waals surface area contributed by atoms with E-state index in [1.54, 1.807) is 12.1 Å². The van der Waals surface area contributed by atoms with E-state index >= 15 is 0 Å². The lowest BCUT2D eigenvalue weighted by molar-refractivity contribution is -0.112. The van der Waals surface area contributed by atoms with E-state index in [9.17, 15) is 10.1 Å². The number of halogens is 4. The highest BCUT2D eigenvalue weighted by atomic mass is 127. The molecule has 0 aliphatic carbocycles. The Morgan fingerprint density at radius 3 is 2.38 bits per heavy atom. The largest absolute Gasteiger partial charge is 0.487 e. The van der Waals surface area contributed by atoms with Crippen molar-refractivity contribution in [3.05, 3.63) is 94.0 Å². The highest BCUT2D eigenvalue weighted by Crippen LogP contribution is 2.31. The highest BCUT2D eigenvalue weighted by Gasteiger charge is 2.14. The van der Waals surface area contributed by atoms with Gasteiger partial charge in [0.1, 0.15) is 24.0 Å². The molecule has 0 spiro atoms. The minimum absolute atomic E-state index is 0.0547. The number of carbonyl (C=O) groups excluding carboxylic acids is 1. The molecule has 8 heteroatoms. The van der Waals surface area contributed by atoms with Crippen LogP contribution in [0.4, 0.5) is 5.69 Å². The summed E-state index contributed by atoms with van der Waals surface area (Å²) in [5.41, 5.74) is 3.28. The Labute approximate surface area is 223 Å². The number of rotatable bonds is 6. The molecule has 32 heavy (non-hydrogen) atoms. The van der Waals surface area contributed by atoms with E-state index < -0.39 is 5.91 Å². The lowest BCUT2D eigenvalue weighted by atomic mass is 10.1. The molecule has 0 radical (unpaired) electrons. The summed E-state index contributed by atoms with van der Waals surface area (Å²) in [4.78, 5) is 12.6. The molecule has 0 bridgehead atoms. The van der Waals surface area contributed by atoms with E-state index in [1.807, 2.05) is 49.4 Å². The van der Waals surface area contributed by atoms with E-state index in [0.29, 0.717) is 27.9 Å². The van der Waals surface area contributed by atoms with Gasteiger partial charge in [0.2, 0.25) is 0 Å². The summed E-state index contributed by atoms with van der Waals surface area (Å²) in [7, 11) is 0. The first-order valence-electron chi connectivity index (χ1n) is 9.32. The maximum atomic E-state index is 12.6. The predicted molar refractivity (Wildman–Crippen MR) is 146 cm³/mol. The summed E-state index contributed by atoms with van der Waals surface area (Å²) in [6, 6.07) is 18.6. The van der Waals surface area contributed by atoms with Crippen molar-refractivity contribution < 1.29 is 9.53 Å². The normalized spacial score (nSPS) is 11.1. The molecule has 162 valence electrons. The molecule has 0 saturated heterocycles. The summed E-state index contributed by atoms with van der Waals surface area (Å²) >= 11 is 16.4. The van der Waals surface area contributed by atoms with Gasteiger partial charge in [-0.1, -0.05) is 53.0 Å². The SMILES string of the molecule is Cc1ccc(COc2c(I)cc(/C=C(\C#N)C(=O)Nc3cc(Cl)ccc3Cl)cc2I)cc1. The van der Waals surface area contributed by atoms with Gasteiger partial charge in [-0.3, -0.25) is 4.79 Å². The number of aryl methyl sites for hydroxylation is 1. The molecule has 0 atom stereocenters. The number of amides is 1. The van der Waals surface area contributed by atoms with E-state index in [4.69, 9.17) is 27.9 Å². The number of anilines is 1. The molecule has 3 aromatic rings. The molecule has 1 N–H and O–H groups in total. The molecule has 0 heterocycles. The Balaban J connectivity index is 1.78. The molecule has 1 amide bonds. The zero-order valence-electron chi connectivity index (χ0n) is 16.8. The fraction of sp³-hybridized carbons (Fsp3) is 0.0833. The van der Waals surface area contributed by atoms with Crippen LogP contribution in [-0.4, -0.2) is 5.91 Å². The standard InChI is InChI=1S/C24H16Cl2I2N2O2/c1-14-2-4-15(5-3-14)13-32-23-20(27)9-16(10-21(23)28)8-17(12-29)24(31)30-22-11-18(25)6-7-19(22)26/h2-11H,13H2,1H3,(H,30,31)/b17-8+. The Hall–Kier alpha value is -1.80. The average molecular weight is 689 g/mol. The molecule has 4 nitrogen and oxygen atoms in total. The number of ether oxygens (including phenoxy) is 1. The molecule has 3 rings (SSSR count). The van der Waals surface area contributed by atoms with Gasteiger partial charge in [-0.25, -0.2) is 0 Å². The van der Waals surface area contributed by atoms with Crippen LogP contribution in [-0.2, 0) is 11.4 Å². The van der Waals surface area contributed by atoms with Crippen molar-refractivity contribution in [1.29, 1.82) is 5.26 Å². The van der Waals surface area contributed by atoms with Gasteiger partial charge < -0.3 is 10.1 Å². The Morgan fingerprint density at radius 1 is 1.09 bits per heavy atom. The Morgan fingerprint density at radius 2 is 1.75 bits per heavy atom.